The molecule has 28 heavy (non-hydrogen) atoms. The lowest BCUT2D eigenvalue weighted by molar-refractivity contribution is -0.122. The van der Waals surface area contributed by atoms with Crippen LogP contribution in [-0.2, 0) is 16.1 Å². The number of halogens is 2. The highest BCUT2D eigenvalue weighted by Crippen LogP contribution is 2.27. The molecule has 2 aromatic carbocycles. The van der Waals surface area contributed by atoms with Gasteiger partial charge in [-0.25, -0.2) is 9.29 Å². The maximum Gasteiger partial charge on any atom is 0.257 e. The van der Waals surface area contributed by atoms with Gasteiger partial charge < -0.3 is 10.2 Å². The zero-order valence-electron chi connectivity index (χ0n) is 15.2. The van der Waals surface area contributed by atoms with Crippen LogP contribution >= 0.6 is 23.8 Å². The summed E-state index contributed by atoms with van der Waals surface area (Å²) in [6.45, 7) is 2.84. The molecule has 0 aliphatic carbocycles. The normalized spacial score (nSPS) is 16.4. The number of amides is 2. The lowest BCUT2D eigenvalue weighted by Crippen LogP contribution is -2.49. The molecule has 0 saturated carbocycles. The van der Waals surface area contributed by atoms with Crippen molar-refractivity contribution in [1.82, 2.24) is 10.2 Å². The molecule has 8 heteroatoms. The van der Waals surface area contributed by atoms with Crippen LogP contribution in [0.3, 0.4) is 0 Å². The molecule has 1 fully saturated rings. The van der Waals surface area contributed by atoms with Crippen molar-refractivity contribution in [3.05, 3.63) is 64.9 Å². The number of benzene rings is 2. The van der Waals surface area contributed by atoms with E-state index in [0.29, 0.717) is 28.9 Å². The van der Waals surface area contributed by atoms with Crippen LogP contribution in [0.2, 0.25) is 5.02 Å². The van der Waals surface area contributed by atoms with E-state index in [4.69, 9.17) is 23.8 Å². The van der Waals surface area contributed by atoms with Gasteiger partial charge in [-0.1, -0.05) is 23.7 Å². The van der Waals surface area contributed by atoms with Gasteiger partial charge in [-0.3, -0.25) is 9.59 Å². The van der Waals surface area contributed by atoms with Crippen LogP contribution in [0.5, 0.6) is 0 Å². The molecule has 5 nitrogen and oxygen atoms in total. The summed E-state index contributed by atoms with van der Waals surface area (Å²) in [6.07, 6.45) is -0.00463. The van der Waals surface area contributed by atoms with E-state index >= 15 is 0 Å². The summed E-state index contributed by atoms with van der Waals surface area (Å²) >= 11 is 11.4. The number of nitrogens with zero attached hydrogens (tertiary/aromatic N) is 2. The summed E-state index contributed by atoms with van der Waals surface area (Å²) in [7, 11) is 0. The van der Waals surface area contributed by atoms with E-state index in [0.717, 1.165) is 10.5 Å². The fraction of sp³-hybridized carbons (Fsp3) is 0.250. The minimum Gasteiger partial charge on any atom is -0.363 e. The van der Waals surface area contributed by atoms with Crippen molar-refractivity contribution < 1.29 is 14.0 Å². The van der Waals surface area contributed by atoms with Crippen molar-refractivity contribution in [2.45, 2.75) is 25.9 Å². The zero-order valence-corrected chi connectivity index (χ0v) is 16.8. The van der Waals surface area contributed by atoms with E-state index in [-0.39, 0.29) is 18.2 Å². The van der Waals surface area contributed by atoms with Crippen molar-refractivity contribution in [3.63, 3.8) is 0 Å². The standard InChI is InChI=1S/C20H19ClFN3O2S/c1-2-23-20(28)24(12-13-3-5-14(21)6-4-13)17-11-18(26)25(19(17)27)16-9-7-15(22)8-10-16/h3-10,17H,2,11-12H2,1H3,(H,23,28)/t17-/m1/s1. The fourth-order valence-electron chi connectivity index (χ4n) is 3.08. The van der Waals surface area contributed by atoms with Crippen molar-refractivity contribution in [2.75, 3.05) is 11.4 Å². The van der Waals surface area contributed by atoms with Crippen LogP contribution in [-0.4, -0.2) is 34.4 Å². The highest BCUT2D eigenvalue weighted by Gasteiger charge is 2.43. The summed E-state index contributed by atoms with van der Waals surface area (Å²) < 4.78 is 13.2. The number of anilines is 1. The Bertz CT molecular complexity index is 889. The summed E-state index contributed by atoms with van der Waals surface area (Å²) in [5.74, 6) is -1.16. The maximum absolute atomic E-state index is 13.2. The van der Waals surface area contributed by atoms with Gasteiger partial charge in [0.1, 0.15) is 11.9 Å². The molecule has 1 aliphatic rings. The van der Waals surface area contributed by atoms with Crippen molar-refractivity contribution in [2.24, 2.45) is 0 Å². The average molecular weight is 420 g/mol. The first-order valence-corrected chi connectivity index (χ1v) is 9.60. The number of hydrogen-bond donors (Lipinski definition) is 1. The number of nitrogens with one attached hydrogen (secondary N) is 1. The smallest absolute Gasteiger partial charge is 0.257 e. The largest absolute Gasteiger partial charge is 0.363 e. The third-order valence-electron chi connectivity index (χ3n) is 4.44. The predicted octanol–water partition coefficient (Wildman–Crippen LogP) is 3.51. The third kappa shape index (κ3) is 4.31. The van der Waals surface area contributed by atoms with E-state index in [1.807, 2.05) is 19.1 Å². The minimum absolute atomic E-state index is 0.00463. The molecule has 0 radical (unpaired) electrons. The Morgan fingerprint density at radius 1 is 1.21 bits per heavy atom. The van der Waals surface area contributed by atoms with Crippen LogP contribution in [0.25, 0.3) is 0 Å². The van der Waals surface area contributed by atoms with Gasteiger partial charge in [0.15, 0.2) is 5.11 Å². The maximum atomic E-state index is 13.2. The van der Waals surface area contributed by atoms with Crippen molar-refractivity contribution in [1.29, 1.82) is 0 Å². The number of carbonyl (C=O) groups excluding carboxylic acids is 2. The first-order chi connectivity index (χ1) is 13.4. The van der Waals surface area contributed by atoms with Crippen LogP contribution in [0.15, 0.2) is 48.5 Å². The second kappa shape index (κ2) is 8.67. The second-order valence-corrected chi connectivity index (χ2v) is 7.18. The molecule has 1 saturated heterocycles. The van der Waals surface area contributed by atoms with Crippen molar-refractivity contribution in [3.8, 4) is 0 Å². The Balaban J connectivity index is 1.88. The number of hydrogen-bond acceptors (Lipinski definition) is 3. The highest BCUT2D eigenvalue weighted by atomic mass is 35.5. The first kappa shape index (κ1) is 20.2. The molecule has 146 valence electrons. The molecule has 1 N–H and O–H groups in total. The van der Waals surface area contributed by atoms with Gasteiger partial charge in [0.2, 0.25) is 5.91 Å². The summed E-state index contributed by atoms with van der Waals surface area (Å²) in [4.78, 5) is 28.4. The topological polar surface area (TPSA) is 52.7 Å². The predicted molar refractivity (Wildman–Crippen MR) is 111 cm³/mol. The van der Waals surface area contributed by atoms with Gasteiger partial charge >= 0.3 is 0 Å². The molecule has 2 amide bonds. The van der Waals surface area contributed by atoms with Crippen LogP contribution < -0.4 is 10.2 Å². The number of imide groups is 1. The first-order valence-electron chi connectivity index (χ1n) is 8.82. The molecular weight excluding hydrogens is 401 g/mol. The molecule has 0 spiro atoms. The molecule has 2 aromatic rings. The Kier molecular flexibility index (Phi) is 6.26. The lowest BCUT2D eigenvalue weighted by atomic mass is 10.1. The molecule has 1 heterocycles. The SMILES string of the molecule is CCNC(=S)N(Cc1ccc(Cl)cc1)[C@@H]1CC(=O)N(c2ccc(F)cc2)C1=O. The average Bonchev–Trinajstić information content (AvgIpc) is 2.96. The van der Waals surface area contributed by atoms with Crippen LogP contribution in [0.4, 0.5) is 10.1 Å². The highest BCUT2D eigenvalue weighted by molar-refractivity contribution is 7.80. The van der Waals surface area contributed by atoms with E-state index in [1.54, 1.807) is 17.0 Å². The lowest BCUT2D eigenvalue weighted by Gasteiger charge is -2.30. The van der Waals surface area contributed by atoms with E-state index in [2.05, 4.69) is 5.32 Å². The van der Waals surface area contributed by atoms with Gasteiger partial charge in [0.05, 0.1) is 12.1 Å². The third-order valence-corrected chi connectivity index (χ3v) is 5.07. The Labute approximate surface area is 173 Å². The van der Waals surface area contributed by atoms with E-state index in [9.17, 15) is 14.0 Å². The van der Waals surface area contributed by atoms with Crippen LogP contribution in [0, 0.1) is 5.82 Å². The summed E-state index contributed by atoms with van der Waals surface area (Å²) in [5, 5.41) is 4.05. The van der Waals surface area contributed by atoms with Gasteiger partial charge in [-0.15, -0.1) is 0 Å². The van der Waals surface area contributed by atoms with Crippen LogP contribution in [0.1, 0.15) is 18.9 Å². The molecular formula is C20H19ClFN3O2S. The molecule has 0 bridgehead atoms. The zero-order chi connectivity index (χ0) is 20.3. The molecule has 1 atom stereocenters. The number of rotatable bonds is 5. The molecule has 3 rings (SSSR count). The molecule has 0 unspecified atom stereocenters. The molecule has 0 aromatic heterocycles. The Hall–Kier alpha value is -2.51. The van der Waals surface area contributed by atoms with E-state index in [1.165, 1.54) is 24.3 Å². The van der Waals surface area contributed by atoms with Crippen molar-refractivity contribution >= 4 is 46.4 Å². The fourth-order valence-corrected chi connectivity index (χ4v) is 3.55. The van der Waals surface area contributed by atoms with E-state index < -0.39 is 11.9 Å². The number of carbonyl (C=O) groups is 2. The summed E-state index contributed by atoms with van der Waals surface area (Å²) in [5.41, 5.74) is 1.25. The van der Waals surface area contributed by atoms with Gasteiger partial charge in [0.25, 0.3) is 5.91 Å². The Morgan fingerprint density at radius 3 is 2.46 bits per heavy atom. The minimum atomic E-state index is -0.736. The van der Waals surface area contributed by atoms with Gasteiger partial charge in [-0.2, -0.15) is 0 Å². The van der Waals surface area contributed by atoms with Gasteiger partial charge in [-0.05, 0) is 61.1 Å². The number of thiocarbonyl (C=S) groups is 1. The summed E-state index contributed by atoms with van der Waals surface area (Å²) in [6, 6.07) is 11.8. The van der Waals surface area contributed by atoms with Gasteiger partial charge in [0, 0.05) is 18.1 Å². The Morgan fingerprint density at radius 2 is 1.86 bits per heavy atom. The second-order valence-electron chi connectivity index (χ2n) is 6.35. The monoisotopic (exact) mass is 419 g/mol. The molecule has 1 aliphatic heterocycles. The quantitative estimate of drug-likeness (QED) is 0.593.